The highest BCUT2D eigenvalue weighted by Crippen LogP contribution is 2.21. The van der Waals surface area contributed by atoms with Gasteiger partial charge >= 0.3 is 5.97 Å². The average molecular weight is 312 g/mol. The third-order valence-electron chi connectivity index (χ3n) is 3.11. The minimum atomic E-state index is -0.861. The number of carboxylic acid groups (broad SMARTS) is 1. The van der Waals surface area contributed by atoms with Crippen molar-refractivity contribution >= 4 is 23.2 Å². The zero-order valence-corrected chi connectivity index (χ0v) is 13.9. The molecule has 0 radical (unpaired) electrons. The third kappa shape index (κ3) is 5.46. The average Bonchev–Trinajstić information content (AvgIpc) is 2.73. The highest BCUT2D eigenvalue weighted by molar-refractivity contribution is 7.13. The van der Waals surface area contributed by atoms with Crippen molar-refractivity contribution in [1.82, 2.24) is 10.3 Å². The Kier molecular flexibility index (Phi) is 6.81. The number of nitrogens with one attached hydrogen (secondary N) is 1. The van der Waals surface area contributed by atoms with Gasteiger partial charge in [-0.1, -0.05) is 27.2 Å². The van der Waals surface area contributed by atoms with Gasteiger partial charge < -0.3 is 10.4 Å². The maximum Gasteiger partial charge on any atom is 0.308 e. The predicted molar refractivity (Wildman–Crippen MR) is 83.8 cm³/mol. The smallest absolute Gasteiger partial charge is 0.308 e. The van der Waals surface area contributed by atoms with Crippen LogP contribution in [0.2, 0.25) is 0 Å². The highest BCUT2D eigenvalue weighted by Gasteiger charge is 2.21. The molecule has 0 fully saturated rings. The molecule has 6 heteroatoms. The zero-order valence-electron chi connectivity index (χ0n) is 13.1. The molecule has 21 heavy (non-hydrogen) atoms. The number of aromatic nitrogens is 1. The van der Waals surface area contributed by atoms with Crippen LogP contribution in [-0.4, -0.2) is 28.5 Å². The molecule has 0 aromatic carbocycles. The summed E-state index contributed by atoms with van der Waals surface area (Å²) < 4.78 is 0. The minimum Gasteiger partial charge on any atom is -0.481 e. The van der Waals surface area contributed by atoms with Gasteiger partial charge in [0.2, 0.25) is 0 Å². The molecule has 1 atom stereocenters. The Morgan fingerprint density at radius 1 is 1.38 bits per heavy atom. The first-order valence-electron chi connectivity index (χ1n) is 7.32. The minimum absolute atomic E-state index is 0.167. The van der Waals surface area contributed by atoms with Crippen LogP contribution in [0.1, 0.15) is 54.0 Å². The fourth-order valence-corrected chi connectivity index (χ4v) is 2.99. The van der Waals surface area contributed by atoms with Gasteiger partial charge in [-0.2, -0.15) is 0 Å². The van der Waals surface area contributed by atoms with Crippen molar-refractivity contribution in [1.29, 1.82) is 0 Å². The van der Waals surface area contributed by atoms with E-state index in [9.17, 15) is 9.59 Å². The molecule has 1 aromatic rings. The van der Waals surface area contributed by atoms with Gasteiger partial charge in [-0.15, -0.1) is 11.3 Å². The largest absolute Gasteiger partial charge is 0.481 e. The zero-order chi connectivity index (χ0) is 16.0. The number of hydrogen-bond donors (Lipinski definition) is 2. The van der Waals surface area contributed by atoms with E-state index in [0.29, 0.717) is 17.2 Å². The number of aryl methyl sites for hydroxylation is 1. The van der Waals surface area contributed by atoms with E-state index in [4.69, 9.17) is 5.11 Å². The number of carboxylic acids is 1. The summed E-state index contributed by atoms with van der Waals surface area (Å²) in [7, 11) is 0. The maximum atomic E-state index is 12.3. The molecule has 0 bridgehead atoms. The first-order valence-corrected chi connectivity index (χ1v) is 8.14. The quantitative estimate of drug-likeness (QED) is 0.773. The summed E-state index contributed by atoms with van der Waals surface area (Å²) in [5.41, 5.74) is 0.812. The lowest BCUT2D eigenvalue weighted by atomic mass is 10.0. The van der Waals surface area contributed by atoms with E-state index in [0.717, 1.165) is 23.5 Å². The molecule has 2 N–H and O–H groups in total. The Balaban J connectivity index is 2.73. The van der Waals surface area contributed by atoms with Crippen molar-refractivity contribution < 1.29 is 14.7 Å². The normalized spacial score (nSPS) is 12.4. The predicted octanol–water partition coefficient (Wildman–Crippen LogP) is 2.88. The molecule has 0 spiro atoms. The van der Waals surface area contributed by atoms with Crippen molar-refractivity contribution in [3.05, 3.63) is 15.6 Å². The second kappa shape index (κ2) is 8.12. The topological polar surface area (TPSA) is 79.3 Å². The summed E-state index contributed by atoms with van der Waals surface area (Å²) in [6, 6.07) is 0. The summed E-state index contributed by atoms with van der Waals surface area (Å²) in [4.78, 5) is 28.4. The molecular weight excluding hydrogens is 288 g/mol. The van der Waals surface area contributed by atoms with Crippen LogP contribution >= 0.6 is 11.3 Å². The van der Waals surface area contributed by atoms with Crippen LogP contribution in [0.4, 0.5) is 0 Å². The molecule has 0 saturated carbocycles. The Bertz CT molecular complexity index is 497. The van der Waals surface area contributed by atoms with Crippen molar-refractivity contribution in [2.75, 3.05) is 6.54 Å². The molecule has 1 aromatic heterocycles. The molecule has 1 amide bonds. The monoisotopic (exact) mass is 312 g/mol. The summed E-state index contributed by atoms with van der Waals surface area (Å²) in [5, 5.41) is 12.7. The van der Waals surface area contributed by atoms with Crippen molar-refractivity contribution in [2.45, 2.75) is 47.0 Å². The standard InChI is InChI=1S/C15H24N2O3S/c1-5-6-11(15(19)20)8-16-14(18)13-12(7-9(2)3)17-10(4)21-13/h9,11H,5-8H2,1-4H3,(H,16,18)(H,19,20). The molecule has 1 unspecified atom stereocenters. The summed E-state index contributed by atoms with van der Waals surface area (Å²) in [6.07, 6.45) is 2.10. The van der Waals surface area contributed by atoms with Crippen LogP contribution in [0, 0.1) is 18.8 Å². The van der Waals surface area contributed by atoms with Gasteiger partial charge in [0.25, 0.3) is 5.91 Å². The molecule has 0 aliphatic heterocycles. The second-order valence-electron chi connectivity index (χ2n) is 5.64. The van der Waals surface area contributed by atoms with E-state index >= 15 is 0 Å². The van der Waals surface area contributed by atoms with Gasteiger partial charge in [-0.25, -0.2) is 4.98 Å². The number of amides is 1. The molecule has 0 saturated heterocycles. The fourth-order valence-electron chi connectivity index (χ4n) is 2.13. The first kappa shape index (κ1) is 17.6. The van der Waals surface area contributed by atoms with Gasteiger partial charge in [0.1, 0.15) is 4.88 Å². The highest BCUT2D eigenvalue weighted by atomic mass is 32.1. The van der Waals surface area contributed by atoms with Gasteiger partial charge in [0, 0.05) is 6.54 Å². The molecule has 1 heterocycles. The van der Waals surface area contributed by atoms with E-state index in [2.05, 4.69) is 24.1 Å². The van der Waals surface area contributed by atoms with E-state index in [1.54, 1.807) is 0 Å². The Labute approximate surface area is 129 Å². The number of aliphatic carboxylic acids is 1. The van der Waals surface area contributed by atoms with E-state index in [-0.39, 0.29) is 12.5 Å². The van der Waals surface area contributed by atoms with Crippen LogP contribution < -0.4 is 5.32 Å². The van der Waals surface area contributed by atoms with Crippen LogP contribution in [0.3, 0.4) is 0 Å². The lowest BCUT2D eigenvalue weighted by Gasteiger charge is -2.12. The lowest BCUT2D eigenvalue weighted by Crippen LogP contribution is -2.33. The Morgan fingerprint density at radius 3 is 2.57 bits per heavy atom. The van der Waals surface area contributed by atoms with Crippen molar-refractivity contribution in [3.8, 4) is 0 Å². The molecule has 0 aliphatic carbocycles. The molecular formula is C15H24N2O3S. The number of carbonyl (C=O) groups excluding carboxylic acids is 1. The van der Waals surface area contributed by atoms with Crippen molar-refractivity contribution in [3.63, 3.8) is 0 Å². The van der Waals surface area contributed by atoms with Crippen LogP contribution in [-0.2, 0) is 11.2 Å². The van der Waals surface area contributed by atoms with Gasteiger partial charge in [0.05, 0.1) is 16.6 Å². The number of thiazole rings is 1. The molecule has 118 valence electrons. The second-order valence-corrected chi connectivity index (χ2v) is 6.84. The number of carbonyl (C=O) groups is 2. The Hall–Kier alpha value is -1.43. The maximum absolute atomic E-state index is 12.3. The van der Waals surface area contributed by atoms with E-state index in [1.165, 1.54) is 11.3 Å². The number of rotatable bonds is 8. The van der Waals surface area contributed by atoms with Gasteiger partial charge in [0.15, 0.2) is 0 Å². The Morgan fingerprint density at radius 2 is 2.05 bits per heavy atom. The van der Waals surface area contributed by atoms with E-state index < -0.39 is 11.9 Å². The third-order valence-corrected chi connectivity index (χ3v) is 4.12. The summed E-state index contributed by atoms with van der Waals surface area (Å²) in [6.45, 7) is 8.14. The first-order chi connectivity index (χ1) is 9.85. The summed E-state index contributed by atoms with van der Waals surface area (Å²) in [5.74, 6) is -1.18. The number of nitrogens with zero attached hydrogens (tertiary/aromatic N) is 1. The van der Waals surface area contributed by atoms with Crippen LogP contribution in [0.15, 0.2) is 0 Å². The molecule has 1 rings (SSSR count). The molecule has 0 aliphatic rings. The lowest BCUT2D eigenvalue weighted by molar-refractivity contribution is -0.141. The number of hydrogen-bond acceptors (Lipinski definition) is 4. The fraction of sp³-hybridized carbons (Fsp3) is 0.667. The molecule has 5 nitrogen and oxygen atoms in total. The van der Waals surface area contributed by atoms with Crippen molar-refractivity contribution in [2.24, 2.45) is 11.8 Å². The van der Waals surface area contributed by atoms with Gasteiger partial charge in [-0.05, 0) is 25.7 Å². The van der Waals surface area contributed by atoms with E-state index in [1.807, 2.05) is 13.8 Å². The van der Waals surface area contributed by atoms with Gasteiger partial charge in [-0.3, -0.25) is 9.59 Å². The SMILES string of the molecule is CCCC(CNC(=O)c1sc(C)nc1CC(C)C)C(=O)O. The summed E-state index contributed by atoms with van der Waals surface area (Å²) >= 11 is 1.37. The van der Waals surface area contributed by atoms with Crippen LogP contribution in [0.25, 0.3) is 0 Å². The van der Waals surface area contributed by atoms with Crippen LogP contribution in [0.5, 0.6) is 0 Å².